The van der Waals surface area contributed by atoms with Crippen molar-refractivity contribution in [3.8, 4) is 0 Å². The number of aliphatic carboxylic acids is 1. The van der Waals surface area contributed by atoms with Crippen molar-refractivity contribution in [2.75, 3.05) is 13.1 Å². The highest BCUT2D eigenvalue weighted by molar-refractivity contribution is 5.94. The molecule has 164 valence electrons. The lowest BCUT2D eigenvalue weighted by atomic mass is 10.1. The van der Waals surface area contributed by atoms with Gasteiger partial charge in [-0.3, -0.25) is 19.2 Å². The molecule has 13 heteroatoms. The Morgan fingerprint density at radius 3 is 2.57 bits per heavy atom. The predicted molar refractivity (Wildman–Crippen MR) is 101 cm³/mol. The minimum Gasteiger partial charge on any atom is -0.480 e. The molecule has 0 spiro atoms. The molecule has 1 saturated heterocycles. The summed E-state index contributed by atoms with van der Waals surface area (Å²) in [6.07, 6.45) is 3.24. The van der Waals surface area contributed by atoms with Crippen LogP contribution in [0.4, 0.5) is 0 Å². The predicted octanol–water partition coefficient (Wildman–Crippen LogP) is -3.17. The first kappa shape index (κ1) is 22.8. The Balaban J connectivity index is 2.15. The van der Waals surface area contributed by atoms with E-state index in [-0.39, 0.29) is 18.9 Å². The van der Waals surface area contributed by atoms with Gasteiger partial charge < -0.3 is 37.1 Å². The third kappa shape index (κ3) is 6.01. The fourth-order valence-electron chi connectivity index (χ4n) is 3.22. The van der Waals surface area contributed by atoms with Crippen LogP contribution >= 0.6 is 0 Å². The van der Waals surface area contributed by atoms with Gasteiger partial charge in [0.05, 0.1) is 19.3 Å². The monoisotopic (exact) mass is 423 g/mol. The Morgan fingerprint density at radius 1 is 1.27 bits per heavy atom. The largest absolute Gasteiger partial charge is 0.480 e. The molecule has 1 aliphatic rings. The van der Waals surface area contributed by atoms with Crippen molar-refractivity contribution in [2.24, 2.45) is 11.5 Å². The topological polar surface area (TPSA) is 214 Å². The SMILES string of the molecule is NCC(=O)N1CCCC1C(=O)NC(Cc1cnc[nH]1)C(=O)NC(CC(N)=O)C(=O)O. The summed E-state index contributed by atoms with van der Waals surface area (Å²) in [5.74, 6) is -4.10. The Labute approximate surface area is 171 Å². The van der Waals surface area contributed by atoms with Crippen LogP contribution in [0.5, 0.6) is 0 Å². The molecule has 1 aromatic heterocycles. The number of aromatic nitrogens is 2. The van der Waals surface area contributed by atoms with Gasteiger partial charge in [-0.25, -0.2) is 9.78 Å². The third-order valence-electron chi connectivity index (χ3n) is 4.68. The van der Waals surface area contributed by atoms with E-state index in [2.05, 4.69) is 20.6 Å². The fourth-order valence-corrected chi connectivity index (χ4v) is 3.22. The second-order valence-corrected chi connectivity index (χ2v) is 6.86. The van der Waals surface area contributed by atoms with Gasteiger partial charge in [0.25, 0.3) is 0 Å². The van der Waals surface area contributed by atoms with Gasteiger partial charge in [0.15, 0.2) is 0 Å². The first-order valence-corrected chi connectivity index (χ1v) is 9.31. The van der Waals surface area contributed by atoms with Crippen LogP contribution in [0.3, 0.4) is 0 Å². The van der Waals surface area contributed by atoms with E-state index in [4.69, 9.17) is 11.5 Å². The molecule has 8 N–H and O–H groups in total. The van der Waals surface area contributed by atoms with Gasteiger partial charge in [0, 0.05) is 24.9 Å². The number of carbonyl (C=O) groups is 5. The fraction of sp³-hybridized carbons (Fsp3) is 0.529. The number of nitrogens with two attached hydrogens (primary N) is 2. The first-order valence-electron chi connectivity index (χ1n) is 9.31. The highest BCUT2D eigenvalue weighted by Gasteiger charge is 2.36. The molecule has 0 aliphatic carbocycles. The summed E-state index contributed by atoms with van der Waals surface area (Å²) in [7, 11) is 0. The number of nitrogens with one attached hydrogen (secondary N) is 3. The summed E-state index contributed by atoms with van der Waals surface area (Å²) >= 11 is 0. The Morgan fingerprint density at radius 2 is 2.00 bits per heavy atom. The van der Waals surface area contributed by atoms with Gasteiger partial charge in [-0.1, -0.05) is 0 Å². The van der Waals surface area contributed by atoms with Crippen LogP contribution in [-0.2, 0) is 30.4 Å². The number of carboxylic acid groups (broad SMARTS) is 1. The quantitative estimate of drug-likeness (QED) is 0.225. The maximum absolute atomic E-state index is 12.8. The number of H-pyrrole nitrogens is 1. The number of carboxylic acids is 1. The standard InChI is InChI=1S/C17H25N7O6/c18-6-14(26)24-3-1-2-12(24)16(28)22-10(4-9-7-20-8-21-9)15(27)23-11(17(29)30)5-13(19)25/h7-8,10-12H,1-6,18H2,(H2,19,25)(H,20,21)(H,22,28)(H,23,27)(H,29,30). The Bertz CT molecular complexity index is 797. The van der Waals surface area contributed by atoms with E-state index in [9.17, 15) is 29.1 Å². The van der Waals surface area contributed by atoms with E-state index in [1.165, 1.54) is 17.4 Å². The highest BCUT2D eigenvalue weighted by Crippen LogP contribution is 2.17. The van der Waals surface area contributed by atoms with Crippen molar-refractivity contribution in [3.63, 3.8) is 0 Å². The van der Waals surface area contributed by atoms with Gasteiger partial charge in [-0.2, -0.15) is 0 Å². The van der Waals surface area contributed by atoms with Crippen molar-refractivity contribution < 1.29 is 29.1 Å². The highest BCUT2D eigenvalue weighted by atomic mass is 16.4. The third-order valence-corrected chi connectivity index (χ3v) is 4.68. The van der Waals surface area contributed by atoms with Gasteiger partial charge in [-0.15, -0.1) is 0 Å². The summed E-state index contributed by atoms with van der Waals surface area (Å²) in [5.41, 5.74) is 10.9. The molecule has 1 fully saturated rings. The first-order chi connectivity index (χ1) is 14.2. The number of hydrogen-bond acceptors (Lipinski definition) is 7. The Kier molecular flexibility index (Phi) is 7.86. The molecule has 3 atom stereocenters. The minimum atomic E-state index is -1.54. The Hall–Kier alpha value is -3.48. The molecule has 3 unspecified atom stereocenters. The summed E-state index contributed by atoms with van der Waals surface area (Å²) < 4.78 is 0. The lowest BCUT2D eigenvalue weighted by Gasteiger charge is -2.26. The molecule has 4 amide bonds. The number of rotatable bonds is 10. The summed E-state index contributed by atoms with van der Waals surface area (Å²) in [6.45, 7) is 0.139. The lowest BCUT2D eigenvalue weighted by molar-refractivity contribution is -0.144. The zero-order valence-electron chi connectivity index (χ0n) is 16.2. The zero-order valence-corrected chi connectivity index (χ0v) is 16.2. The molecule has 2 rings (SSSR count). The average Bonchev–Trinajstić information content (AvgIpc) is 3.37. The normalized spacial score (nSPS) is 17.8. The molecule has 13 nitrogen and oxygen atoms in total. The van der Waals surface area contributed by atoms with Gasteiger partial charge >= 0.3 is 5.97 Å². The molecule has 1 aromatic rings. The molecular formula is C17H25N7O6. The molecule has 30 heavy (non-hydrogen) atoms. The number of likely N-dealkylation sites (tertiary alicyclic amines) is 1. The van der Waals surface area contributed by atoms with Crippen molar-refractivity contribution in [3.05, 3.63) is 18.2 Å². The van der Waals surface area contributed by atoms with Crippen LogP contribution in [0, 0.1) is 0 Å². The van der Waals surface area contributed by atoms with Crippen molar-refractivity contribution in [2.45, 2.75) is 43.8 Å². The maximum Gasteiger partial charge on any atom is 0.326 e. The van der Waals surface area contributed by atoms with Crippen LogP contribution in [0.15, 0.2) is 12.5 Å². The van der Waals surface area contributed by atoms with E-state index >= 15 is 0 Å². The van der Waals surface area contributed by atoms with Crippen LogP contribution in [-0.4, -0.2) is 80.8 Å². The van der Waals surface area contributed by atoms with Crippen LogP contribution in [0.1, 0.15) is 25.0 Å². The van der Waals surface area contributed by atoms with E-state index < -0.39 is 48.2 Å². The van der Waals surface area contributed by atoms with Crippen LogP contribution in [0.2, 0.25) is 0 Å². The second-order valence-electron chi connectivity index (χ2n) is 6.86. The second kappa shape index (κ2) is 10.3. The van der Waals surface area contributed by atoms with E-state index in [0.29, 0.717) is 25.1 Å². The summed E-state index contributed by atoms with van der Waals surface area (Å²) in [6, 6.07) is -3.50. The molecule has 0 bridgehead atoms. The maximum atomic E-state index is 12.8. The number of hydrogen-bond donors (Lipinski definition) is 6. The summed E-state index contributed by atoms with van der Waals surface area (Å²) in [4.78, 5) is 67.8. The van der Waals surface area contributed by atoms with Gasteiger partial charge in [0.1, 0.15) is 18.1 Å². The van der Waals surface area contributed by atoms with Gasteiger partial charge in [0.2, 0.25) is 23.6 Å². The number of nitrogens with zero attached hydrogens (tertiary/aromatic N) is 2. The average molecular weight is 423 g/mol. The number of imidazole rings is 1. The minimum absolute atomic E-state index is 0.0158. The van der Waals surface area contributed by atoms with Crippen molar-refractivity contribution >= 4 is 29.6 Å². The molecule has 1 aliphatic heterocycles. The molecule has 0 saturated carbocycles. The van der Waals surface area contributed by atoms with E-state index in [1.807, 2.05) is 0 Å². The number of carbonyl (C=O) groups excluding carboxylic acids is 4. The lowest BCUT2D eigenvalue weighted by Crippen LogP contribution is -2.56. The smallest absolute Gasteiger partial charge is 0.326 e. The molecular weight excluding hydrogens is 398 g/mol. The molecule has 0 aromatic carbocycles. The van der Waals surface area contributed by atoms with Crippen molar-refractivity contribution in [1.29, 1.82) is 0 Å². The number of aromatic amines is 1. The number of primary amides is 1. The summed E-state index contributed by atoms with van der Waals surface area (Å²) in [5, 5.41) is 14.0. The zero-order chi connectivity index (χ0) is 22.3. The van der Waals surface area contributed by atoms with E-state index in [1.54, 1.807) is 0 Å². The van der Waals surface area contributed by atoms with Crippen LogP contribution in [0.25, 0.3) is 0 Å². The number of amides is 4. The van der Waals surface area contributed by atoms with Crippen molar-refractivity contribution in [1.82, 2.24) is 25.5 Å². The molecule has 2 heterocycles. The van der Waals surface area contributed by atoms with Gasteiger partial charge in [-0.05, 0) is 12.8 Å². The van der Waals surface area contributed by atoms with Crippen LogP contribution < -0.4 is 22.1 Å². The molecule has 0 radical (unpaired) electrons. The van der Waals surface area contributed by atoms with E-state index in [0.717, 1.165) is 0 Å².